The molecule has 0 aliphatic heterocycles. The third kappa shape index (κ3) is 4.02. The van der Waals surface area contributed by atoms with Crippen molar-refractivity contribution in [2.75, 3.05) is 6.54 Å². The number of rotatable bonds is 5. The lowest BCUT2D eigenvalue weighted by molar-refractivity contribution is -0.132. The quantitative estimate of drug-likeness (QED) is 0.712. The van der Waals surface area contributed by atoms with Crippen LogP contribution < -0.4 is 10.6 Å². The molecule has 5 saturated carbocycles. The van der Waals surface area contributed by atoms with E-state index in [1.165, 1.54) is 38.5 Å². The Bertz CT molecular complexity index is 490. The zero-order chi connectivity index (χ0) is 17.4. The summed E-state index contributed by atoms with van der Waals surface area (Å²) in [6.45, 7) is 0.0876. The Hall–Kier alpha value is -1.10. The highest BCUT2D eigenvalue weighted by atomic mass is 16.3. The van der Waals surface area contributed by atoms with E-state index in [4.69, 9.17) is 0 Å². The molecule has 4 bridgehead atoms. The number of amides is 2. The van der Waals surface area contributed by atoms with Gasteiger partial charge in [0.2, 0.25) is 11.8 Å². The molecular weight excluding hydrogens is 316 g/mol. The summed E-state index contributed by atoms with van der Waals surface area (Å²) in [5.74, 6) is 2.51. The number of nitrogens with one attached hydrogen (secondary N) is 2. The molecule has 5 nitrogen and oxygen atoms in total. The maximum absolute atomic E-state index is 12.4. The second-order valence-electron chi connectivity index (χ2n) is 9.44. The topological polar surface area (TPSA) is 78.4 Å². The molecule has 0 aromatic heterocycles. The molecule has 0 heterocycles. The van der Waals surface area contributed by atoms with Crippen LogP contribution in [0.2, 0.25) is 0 Å². The molecule has 0 atom stereocenters. The minimum Gasteiger partial charge on any atom is -0.393 e. The molecule has 0 unspecified atom stereocenters. The van der Waals surface area contributed by atoms with E-state index in [1.54, 1.807) is 0 Å². The van der Waals surface area contributed by atoms with Crippen molar-refractivity contribution in [2.24, 2.45) is 23.2 Å². The summed E-state index contributed by atoms with van der Waals surface area (Å²) < 4.78 is 0. The van der Waals surface area contributed by atoms with Gasteiger partial charge < -0.3 is 15.7 Å². The maximum Gasteiger partial charge on any atom is 0.239 e. The Balaban J connectivity index is 1.21. The Morgan fingerprint density at radius 3 is 2.00 bits per heavy atom. The molecule has 0 spiro atoms. The first-order chi connectivity index (χ1) is 12.0. The fourth-order valence-electron chi connectivity index (χ4n) is 6.59. The van der Waals surface area contributed by atoms with Gasteiger partial charge in [-0.2, -0.15) is 0 Å². The highest BCUT2D eigenvalue weighted by Gasteiger charge is 2.51. The molecule has 5 aliphatic rings. The molecule has 0 aromatic rings. The zero-order valence-electron chi connectivity index (χ0n) is 15.1. The van der Waals surface area contributed by atoms with Crippen LogP contribution in [0.3, 0.4) is 0 Å². The van der Waals surface area contributed by atoms with Crippen molar-refractivity contribution >= 4 is 11.8 Å². The number of hydrogen-bond donors (Lipinski definition) is 3. The largest absolute Gasteiger partial charge is 0.393 e. The Kier molecular flexibility index (Phi) is 4.78. The Labute approximate surface area is 150 Å². The predicted octanol–water partition coefficient (Wildman–Crippen LogP) is 2.13. The van der Waals surface area contributed by atoms with Gasteiger partial charge in [0.05, 0.1) is 12.6 Å². The monoisotopic (exact) mass is 348 g/mol. The smallest absolute Gasteiger partial charge is 0.239 e. The van der Waals surface area contributed by atoms with Gasteiger partial charge in [-0.25, -0.2) is 0 Å². The first kappa shape index (κ1) is 17.3. The summed E-state index contributed by atoms with van der Waals surface area (Å²) in [7, 11) is 0. The van der Waals surface area contributed by atoms with Gasteiger partial charge in [0.1, 0.15) is 0 Å². The molecule has 0 radical (unpaired) electrons. The van der Waals surface area contributed by atoms with E-state index in [0.29, 0.717) is 6.42 Å². The highest BCUT2D eigenvalue weighted by molar-refractivity contribution is 5.85. The van der Waals surface area contributed by atoms with Crippen LogP contribution in [0.5, 0.6) is 0 Å². The van der Waals surface area contributed by atoms with E-state index in [1.807, 2.05) is 0 Å². The van der Waals surface area contributed by atoms with Crippen LogP contribution in [-0.2, 0) is 9.59 Å². The van der Waals surface area contributed by atoms with Crippen LogP contribution in [0.25, 0.3) is 0 Å². The first-order valence-corrected chi connectivity index (χ1v) is 10.2. The summed E-state index contributed by atoms with van der Waals surface area (Å²) in [4.78, 5) is 24.5. The molecule has 140 valence electrons. The minimum absolute atomic E-state index is 0.0520. The average molecular weight is 348 g/mol. The predicted molar refractivity (Wildman–Crippen MR) is 94.6 cm³/mol. The summed E-state index contributed by atoms with van der Waals surface area (Å²) in [5, 5.41) is 15.4. The summed E-state index contributed by atoms with van der Waals surface area (Å²) in [6.07, 6.45) is 11.4. The lowest BCUT2D eigenvalue weighted by Crippen LogP contribution is -2.49. The molecule has 0 aromatic carbocycles. The van der Waals surface area contributed by atoms with Gasteiger partial charge >= 0.3 is 0 Å². The number of carbonyl (C=O) groups is 2. The van der Waals surface area contributed by atoms with Crippen molar-refractivity contribution < 1.29 is 14.7 Å². The molecule has 5 heteroatoms. The van der Waals surface area contributed by atoms with E-state index >= 15 is 0 Å². The third-order valence-corrected chi connectivity index (χ3v) is 7.21. The van der Waals surface area contributed by atoms with Gasteiger partial charge in [-0.3, -0.25) is 9.59 Å². The minimum atomic E-state index is -0.215. The number of aliphatic hydroxyl groups excluding tert-OH is 1. The van der Waals surface area contributed by atoms with Crippen molar-refractivity contribution in [3.05, 3.63) is 0 Å². The number of aliphatic hydroxyl groups is 1. The van der Waals surface area contributed by atoms with E-state index in [2.05, 4.69) is 10.6 Å². The maximum atomic E-state index is 12.4. The molecule has 5 aliphatic carbocycles. The average Bonchev–Trinajstić information content (AvgIpc) is 2.53. The number of hydrogen-bond acceptors (Lipinski definition) is 3. The molecular formula is C20H32N2O3. The van der Waals surface area contributed by atoms with E-state index in [-0.39, 0.29) is 35.9 Å². The molecule has 5 rings (SSSR count). The van der Waals surface area contributed by atoms with Crippen LogP contribution in [0.15, 0.2) is 0 Å². The molecule has 3 N–H and O–H groups in total. The van der Waals surface area contributed by atoms with Gasteiger partial charge in [0.15, 0.2) is 0 Å². The SMILES string of the molecule is O=C(CC12CC3CC(CC(C3)C1)C2)NCC(=O)NC1CCC(O)CC1. The highest BCUT2D eigenvalue weighted by Crippen LogP contribution is 2.61. The van der Waals surface area contributed by atoms with E-state index < -0.39 is 0 Å². The van der Waals surface area contributed by atoms with Crippen LogP contribution in [0, 0.1) is 23.2 Å². The van der Waals surface area contributed by atoms with Crippen molar-refractivity contribution in [1.82, 2.24) is 10.6 Å². The van der Waals surface area contributed by atoms with Crippen molar-refractivity contribution in [1.29, 1.82) is 0 Å². The van der Waals surface area contributed by atoms with Crippen molar-refractivity contribution in [2.45, 2.75) is 82.8 Å². The lowest BCUT2D eigenvalue weighted by atomic mass is 9.49. The van der Waals surface area contributed by atoms with Crippen LogP contribution in [-0.4, -0.2) is 35.6 Å². The normalized spacial score (nSPS) is 42.2. The van der Waals surface area contributed by atoms with Crippen LogP contribution >= 0.6 is 0 Å². The fourth-order valence-corrected chi connectivity index (χ4v) is 6.59. The molecule has 5 fully saturated rings. The number of carbonyl (C=O) groups excluding carboxylic acids is 2. The van der Waals surface area contributed by atoms with Gasteiger partial charge in [0, 0.05) is 12.5 Å². The second kappa shape index (κ2) is 6.90. The Morgan fingerprint density at radius 1 is 0.880 bits per heavy atom. The van der Waals surface area contributed by atoms with Gasteiger partial charge in [0.25, 0.3) is 0 Å². The summed E-state index contributed by atoms with van der Waals surface area (Å²) in [5.41, 5.74) is 0.231. The standard InChI is InChI=1S/C20H32N2O3/c23-17-3-1-16(2-4-17)22-19(25)12-21-18(24)11-20-8-13-5-14(9-20)7-15(6-13)10-20/h13-17,23H,1-12H2,(H,21,24)(H,22,25). The van der Waals surface area contributed by atoms with Gasteiger partial charge in [-0.15, -0.1) is 0 Å². The van der Waals surface area contributed by atoms with Gasteiger partial charge in [-0.05, 0) is 87.4 Å². The second-order valence-corrected chi connectivity index (χ2v) is 9.44. The van der Waals surface area contributed by atoms with Gasteiger partial charge in [-0.1, -0.05) is 0 Å². The Morgan fingerprint density at radius 2 is 1.44 bits per heavy atom. The molecule has 2 amide bonds. The van der Waals surface area contributed by atoms with E-state index in [9.17, 15) is 14.7 Å². The van der Waals surface area contributed by atoms with Crippen LogP contribution in [0.4, 0.5) is 0 Å². The fraction of sp³-hybridized carbons (Fsp3) is 0.900. The molecule has 25 heavy (non-hydrogen) atoms. The van der Waals surface area contributed by atoms with Crippen molar-refractivity contribution in [3.8, 4) is 0 Å². The summed E-state index contributed by atoms with van der Waals surface area (Å²) >= 11 is 0. The van der Waals surface area contributed by atoms with Crippen molar-refractivity contribution in [3.63, 3.8) is 0 Å². The third-order valence-electron chi connectivity index (χ3n) is 7.21. The van der Waals surface area contributed by atoms with Crippen LogP contribution in [0.1, 0.15) is 70.6 Å². The first-order valence-electron chi connectivity index (χ1n) is 10.2. The summed E-state index contributed by atoms with van der Waals surface area (Å²) in [6, 6.07) is 0.149. The zero-order valence-corrected chi connectivity index (χ0v) is 15.1. The lowest BCUT2D eigenvalue weighted by Gasteiger charge is -2.56. The molecule has 0 saturated heterocycles. The van der Waals surface area contributed by atoms with E-state index in [0.717, 1.165) is 43.4 Å².